The van der Waals surface area contributed by atoms with Gasteiger partial charge in [-0.15, -0.1) is 0 Å². The minimum absolute atomic E-state index is 0.394. The standard InChI is InChI=1S/C13H13BrFN/c14-8-2-1-7-5-11-9(10(7)6-8)3-4-12(15)13(11)16/h1-2,6,12-13H,3-5,16H2. The number of alkyl halides is 1. The number of hydrogen-bond donors (Lipinski definition) is 1. The normalized spacial score (nSPS) is 27.9. The lowest BCUT2D eigenvalue weighted by Gasteiger charge is -2.25. The minimum Gasteiger partial charge on any atom is -0.322 e. The molecule has 2 N–H and O–H groups in total. The topological polar surface area (TPSA) is 26.0 Å². The molecule has 1 aromatic carbocycles. The Kier molecular flexibility index (Phi) is 2.41. The molecule has 0 aromatic heterocycles. The number of fused-ring (bicyclic) bond motifs is 2. The monoisotopic (exact) mass is 281 g/mol. The van der Waals surface area contributed by atoms with E-state index in [-0.39, 0.29) is 0 Å². The molecule has 1 aromatic rings. The number of hydrogen-bond acceptors (Lipinski definition) is 1. The number of rotatable bonds is 0. The van der Waals surface area contributed by atoms with Gasteiger partial charge in [0.25, 0.3) is 0 Å². The molecule has 1 nitrogen and oxygen atoms in total. The Labute approximate surface area is 103 Å². The molecule has 16 heavy (non-hydrogen) atoms. The quantitative estimate of drug-likeness (QED) is 0.777. The summed E-state index contributed by atoms with van der Waals surface area (Å²) in [6, 6.07) is 5.88. The third-order valence-electron chi connectivity index (χ3n) is 3.63. The van der Waals surface area contributed by atoms with Crippen molar-refractivity contribution >= 4 is 21.5 Å². The van der Waals surface area contributed by atoms with E-state index in [4.69, 9.17) is 5.73 Å². The van der Waals surface area contributed by atoms with Crippen molar-refractivity contribution in [1.82, 2.24) is 0 Å². The summed E-state index contributed by atoms with van der Waals surface area (Å²) in [4.78, 5) is 0. The smallest absolute Gasteiger partial charge is 0.119 e. The average molecular weight is 282 g/mol. The van der Waals surface area contributed by atoms with Crippen molar-refractivity contribution in [3.63, 3.8) is 0 Å². The van der Waals surface area contributed by atoms with Crippen LogP contribution in [-0.4, -0.2) is 12.2 Å². The molecule has 0 saturated carbocycles. The third-order valence-corrected chi connectivity index (χ3v) is 4.12. The molecule has 84 valence electrons. The molecule has 2 aliphatic rings. The first-order chi connectivity index (χ1) is 7.66. The van der Waals surface area contributed by atoms with E-state index in [2.05, 4.69) is 28.1 Å². The number of allylic oxidation sites excluding steroid dienone is 1. The zero-order valence-electron chi connectivity index (χ0n) is 8.84. The molecule has 0 bridgehead atoms. The lowest BCUT2D eigenvalue weighted by atomic mass is 9.87. The highest BCUT2D eigenvalue weighted by atomic mass is 79.9. The van der Waals surface area contributed by atoms with Gasteiger partial charge in [-0.05, 0) is 53.7 Å². The zero-order chi connectivity index (χ0) is 11.3. The van der Waals surface area contributed by atoms with Gasteiger partial charge in [-0.1, -0.05) is 22.0 Å². The van der Waals surface area contributed by atoms with Crippen LogP contribution in [-0.2, 0) is 6.42 Å². The molecule has 0 heterocycles. The fourth-order valence-electron chi connectivity index (χ4n) is 2.76. The summed E-state index contributed by atoms with van der Waals surface area (Å²) in [7, 11) is 0. The largest absolute Gasteiger partial charge is 0.322 e. The number of nitrogens with two attached hydrogens (primary N) is 1. The molecule has 2 atom stereocenters. The first-order valence-corrected chi connectivity index (χ1v) is 6.36. The molecule has 0 saturated heterocycles. The van der Waals surface area contributed by atoms with Gasteiger partial charge in [0.1, 0.15) is 6.17 Å². The fraction of sp³-hybridized carbons (Fsp3) is 0.385. The molecule has 0 amide bonds. The number of halogens is 2. The van der Waals surface area contributed by atoms with E-state index < -0.39 is 12.2 Å². The molecular weight excluding hydrogens is 269 g/mol. The number of benzene rings is 1. The molecule has 0 fully saturated rings. The van der Waals surface area contributed by atoms with Crippen molar-refractivity contribution in [2.45, 2.75) is 31.5 Å². The SMILES string of the molecule is NC1C2=C(CCC1F)c1cc(Br)ccc1C2. The van der Waals surface area contributed by atoms with Crippen molar-refractivity contribution < 1.29 is 4.39 Å². The third kappa shape index (κ3) is 1.45. The maximum absolute atomic E-state index is 13.5. The van der Waals surface area contributed by atoms with Gasteiger partial charge in [0.05, 0.1) is 6.04 Å². The van der Waals surface area contributed by atoms with Gasteiger partial charge in [0.2, 0.25) is 0 Å². The summed E-state index contributed by atoms with van der Waals surface area (Å²) >= 11 is 3.48. The molecule has 0 radical (unpaired) electrons. The second-order valence-corrected chi connectivity index (χ2v) is 5.48. The lowest BCUT2D eigenvalue weighted by Crippen LogP contribution is -2.36. The summed E-state index contributed by atoms with van der Waals surface area (Å²) in [5.74, 6) is 0. The van der Waals surface area contributed by atoms with E-state index in [1.807, 2.05) is 6.07 Å². The molecule has 0 spiro atoms. The van der Waals surface area contributed by atoms with Crippen LogP contribution in [0.3, 0.4) is 0 Å². The van der Waals surface area contributed by atoms with Crippen LogP contribution in [0, 0.1) is 0 Å². The van der Waals surface area contributed by atoms with E-state index >= 15 is 0 Å². The van der Waals surface area contributed by atoms with Crippen LogP contribution in [0.4, 0.5) is 4.39 Å². The summed E-state index contributed by atoms with van der Waals surface area (Å²) in [5.41, 5.74) is 10.9. The van der Waals surface area contributed by atoms with Crippen molar-refractivity contribution in [2.24, 2.45) is 5.73 Å². The fourth-order valence-corrected chi connectivity index (χ4v) is 3.12. The molecule has 3 heteroatoms. The minimum atomic E-state index is -0.864. The van der Waals surface area contributed by atoms with E-state index in [9.17, 15) is 4.39 Å². The van der Waals surface area contributed by atoms with E-state index in [0.29, 0.717) is 6.42 Å². The first-order valence-electron chi connectivity index (χ1n) is 5.57. The van der Waals surface area contributed by atoms with Crippen molar-refractivity contribution in [3.8, 4) is 0 Å². The Bertz CT molecular complexity index is 481. The van der Waals surface area contributed by atoms with Gasteiger partial charge in [0, 0.05) is 4.47 Å². The Morgan fingerprint density at radius 1 is 1.38 bits per heavy atom. The highest BCUT2D eigenvalue weighted by molar-refractivity contribution is 9.10. The summed E-state index contributed by atoms with van der Waals surface area (Å²) in [6.07, 6.45) is 1.36. The van der Waals surface area contributed by atoms with Gasteiger partial charge < -0.3 is 5.73 Å². The van der Waals surface area contributed by atoms with Crippen LogP contribution in [0.1, 0.15) is 24.0 Å². The highest BCUT2D eigenvalue weighted by Gasteiger charge is 2.33. The lowest BCUT2D eigenvalue weighted by molar-refractivity contribution is 0.277. The van der Waals surface area contributed by atoms with E-state index in [1.165, 1.54) is 16.7 Å². The van der Waals surface area contributed by atoms with Crippen LogP contribution >= 0.6 is 15.9 Å². The Hall–Kier alpha value is -0.670. The van der Waals surface area contributed by atoms with Crippen LogP contribution < -0.4 is 5.73 Å². The van der Waals surface area contributed by atoms with Crippen molar-refractivity contribution in [3.05, 3.63) is 39.4 Å². The van der Waals surface area contributed by atoms with Crippen LogP contribution in [0.25, 0.3) is 5.57 Å². The maximum Gasteiger partial charge on any atom is 0.119 e. The second kappa shape index (κ2) is 3.67. The van der Waals surface area contributed by atoms with Crippen molar-refractivity contribution in [1.29, 1.82) is 0 Å². The van der Waals surface area contributed by atoms with Gasteiger partial charge in [-0.3, -0.25) is 0 Å². The van der Waals surface area contributed by atoms with Crippen LogP contribution in [0.15, 0.2) is 28.2 Å². The van der Waals surface area contributed by atoms with Gasteiger partial charge in [-0.2, -0.15) is 0 Å². The molecular formula is C13H13BrFN. The summed E-state index contributed by atoms with van der Waals surface area (Å²) < 4.78 is 14.6. The molecule has 0 aliphatic heterocycles. The Morgan fingerprint density at radius 3 is 3.00 bits per heavy atom. The highest BCUT2D eigenvalue weighted by Crippen LogP contribution is 2.42. The van der Waals surface area contributed by atoms with Gasteiger partial charge in [0.15, 0.2) is 0 Å². The van der Waals surface area contributed by atoms with Crippen LogP contribution in [0.5, 0.6) is 0 Å². The maximum atomic E-state index is 13.5. The predicted octanol–water partition coefficient (Wildman–Crippen LogP) is 3.22. The van der Waals surface area contributed by atoms with E-state index in [1.54, 1.807) is 0 Å². The second-order valence-electron chi connectivity index (χ2n) is 4.56. The summed E-state index contributed by atoms with van der Waals surface area (Å²) in [6.45, 7) is 0. The average Bonchev–Trinajstić information content (AvgIpc) is 2.62. The zero-order valence-corrected chi connectivity index (χ0v) is 10.4. The molecule has 2 aliphatic carbocycles. The predicted molar refractivity (Wildman–Crippen MR) is 66.9 cm³/mol. The summed E-state index contributed by atoms with van der Waals surface area (Å²) in [5, 5.41) is 0. The molecule has 2 unspecified atom stereocenters. The Morgan fingerprint density at radius 2 is 2.19 bits per heavy atom. The van der Waals surface area contributed by atoms with Gasteiger partial charge >= 0.3 is 0 Å². The van der Waals surface area contributed by atoms with E-state index in [0.717, 1.165) is 22.9 Å². The van der Waals surface area contributed by atoms with Crippen molar-refractivity contribution in [2.75, 3.05) is 0 Å². The first kappa shape index (κ1) is 10.5. The van der Waals surface area contributed by atoms with Crippen LogP contribution in [0.2, 0.25) is 0 Å². The Balaban J connectivity index is 2.09. The molecule has 3 rings (SSSR count). The van der Waals surface area contributed by atoms with Gasteiger partial charge in [-0.25, -0.2) is 4.39 Å².